The molecule has 0 N–H and O–H groups in total. The van der Waals surface area contributed by atoms with Crippen molar-refractivity contribution in [3.63, 3.8) is 0 Å². The van der Waals surface area contributed by atoms with Gasteiger partial charge in [0.05, 0.1) is 16.3 Å². The SMILES string of the molecule is Cc1ccc(/C=C/C(=O)N(C)[C@H](C)c2nc3ccccc3s2)cc1Cl. The van der Waals surface area contributed by atoms with Crippen LogP contribution >= 0.6 is 22.9 Å². The van der Waals surface area contributed by atoms with Crippen LogP contribution in [0.5, 0.6) is 0 Å². The lowest BCUT2D eigenvalue weighted by Gasteiger charge is -2.21. The molecule has 2 aromatic carbocycles. The number of hydrogen-bond donors (Lipinski definition) is 0. The third-order valence-corrected chi connectivity index (χ3v) is 5.82. The third kappa shape index (κ3) is 3.91. The van der Waals surface area contributed by atoms with Crippen molar-refractivity contribution in [1.82, 2.24) is 9.88 Å². The number of aryl methyl sites for hydroxylation is 1. The van der Waals surface area contributed by atoms with Crippen molar-refractivity contribution >= 4 is 45.1 Å². The molecule has 0 aliphatic carbocycles. The number of fused-ring (bicyclic) bond motifs is 1. The van der Waals surface area contributed by atoms with E-state index in [1.54, 1.807) is 35.4 Å². The zero-order chi connectivity index (χ0) is 18.0. The lowest BCUT2D eigenvalue weighted by Crippen LogP contribution is -2.27. The van der Waals surface area contributed by atoms with Gasteiger partial charge in [0.2, 0.25) is 5.91 Å². The molecule has 25 heavy (non-hydrogen) atoms. The summed E-state index contributed by atoms with van der Waals surface area (Å²) >= 11 is 7.75. The van der Waals surface area contributed by atoms with Gasteiger partial charge in [-0.2, -0.15) is 0 Å². The highest BCUT2D eigenvalue weighted by atomic mass is 35.5. The Labute approximate surface area is 156 Å². The summed E-state index contributed by atoms with van der Waals surface area (Å²) in [5, 5.41) is 1.63. The standard InChI is InChI=1S/C20H19ClN2OS/c1-13-8-9-15(12-16(13)21)10-11-19(24)23(3)14(2)20-22-17-6-4-5-7-18(17)25-20/h4-12,14H,1-3H3/b11-10+/t14-/m1/s1. The fourth-order valence-corrected chi connectivity index (χ4v) is 3.67. The molecule has 0 saturated carbocycles. The van der Waals surface area contributed by atoms with Gasteiger partial charge in [-0.05, 0) is 49.2 Å². The van der Waals surface area contributed by atoms with E-state index in [1.165, 1.54) is 0 Å². The number of amides is 1. The molecular formula is C20H19ClN2OS. The summed E-state index contributed by atoms with van der Waals surface area (Å²) in [6, 6.07) is 13.7. The van der Waals surface area contributed by atoms with Crippen LogP contribution in [0.3, 0.4) is 0 Å². The number of aromatic nitrogens is 1. The highest BCUT2D eigenvalue weighted by Crippen LogP contribution is 2.29. The van der Waals surface area contributed by atoms with E-state index >= 15 is 0 Å². The lowest BCUT2D eigenvalue weighted by atomic mass is 10.1. The second-order valence-corrected chi connectivity index (χ2v) is 7.46. The number of hydrogen-bond acceptors (Lipinski definition) is 3. The van der Waals surface area contributed by atoms with Crippen LogP contribution < -0.4 is 0 Å². The van der Waals surface area contributed by atoms with Gasteiger partial charge in [-0.3, -0.25) is 4.79 Å². The van der Waals surface area contributed by atoms with Gasteiger partial charge in [-0.1, -0.05) is 35.9 Å². The fourth-order valence-electron chi connectivity index (χ4n) is 2.42. The van der Waals surface area contributed by atoms with Crippen LogP contribution in [-0.2, 0) is 4.79 Å². The van der Waals surface area contributed by atoms with E-state index in [4.69, 9.17) is 11.6 Å². The molecule has 1 atom stereocenters. The minimum Gasteiger partial charge on any atom is -0.333 e. The predicted octanol–water partition coefficient (Wildman–Crippen LogP) is 5.49. The topological polar surface area (TPSA) is 33.2 Å². The van der Waals surface area contributed by atoms with E-state index in [1.807, 2.05) is 56.3 Å². The minimum absolute atomic E-state index is 0.0662. The van der Waals surface area contributed by atoms with Crippen LogP contribution in [0.1, 0.15) is 29.1 Å². The molecule has 1 amide bonds. The maximum absolute atomic E-state index is 12.5. The number of carbonyl (C=O) groups is 1. The van der Waals surface area contributed by atoms with Crippen LogP contribution in [0.4, 0.5) is 0 Å². The average molecular weight is 371 g/mol. The van der Waals surface area contributed by atoms with Crippen LogP contribution in [0.25, 0.3) is 16.3 Å². The van der Waals surface area contributed by atoms with Gasteiger partial charge in [-0.25, -0.2) is 4.98 Å². The van der Waals surface area contributed by atoms with Gasteiger partial charge in [0, 0.05) is 18.1 Å². The number of halogens is 1. The Morgan fingerprint density at radius 1 is 1.28 bits per heavy atom. The summed E-state index contributed by atoms with van der Waals surface area (Å²) in [5.74, 6) is -0.0662. The van der Waals surface area contributed by atoms with Crippen molar-refractivity contribution in [3.05, 3.63) is 69.7 Å². The molecule has 1 heterocycles. The molecule has 0 saturated heterocycles. The van der Waals surface area contributed by atoms with Crippen molar-refractivity contribution in [3.8, 4) is 0 Å². The molecule has 0 bridgehead atoms. The predicted molar refractivity (Wildman–Crippen MR) is 106 cm³/mol. The molecule has 5 heteroatoms. The lowest BCUT2D eigenvalue weighted by molar-refractivity contribution is -0.126. The molecule has 1 aromatic heterocycles. The summed E-state index contributed by atoms with van der Waals surface area (Å²) in [7, 11) is 1.80. The second kappa shape index (κ2) is 7.38. The first-order valence-electron chi connectivity index (χ1n) is 8.02. The molecule has 0 spiro atoms. The zero-order valence-corrected chi connectivity index (χ0v) is 15.9. The number of para-hydroxylation sites is 1. The largest absolute Gasteiger partial charge is 0.333 e. The molecule has 3 nitrogen and oxygen atoms in total. The summed E-state index contributed by atoms with van der Waals surface area (Å²) in [6.07, 6.45) is 3.36. The Hall–Kier alpha value is -2.17. The first kappa shape index (κ1) is 17.6. The van der Waals surface area contributed by atoms with E-state index in [-0.39, 0.29) is 11.9 Å². The maximum Gasteiger partial charge on any atom is 0.246 e. The molecule has 3 rings (SSSR count). The molecule has 0 aliphatic heterocycles. The average Bonchev–Trinajstić information content (AvgIpc) is 3.05. The van der Waals surface area contributed by atoms with E-state index in [0.717, 1.165) is 26.4 Å². The Morgan fingerprint density at radius 2 is 2.04 bits per heavy atom. The monoisotopic (exact) mass is 370 g/mol. The summed E-state index contributed by atoms with van der Waals surface area (Å²) in [4.78, 5) is 18.8. The van der Waals surface area contributed by atoms with Gasteiger partial charge >= 0.3 is 0 Å². The molecule has 0 radical (unpaired) electrons. The molecular weight excluding hydrogens is 352 g/mol. The first-order chi connectivity index (χ1) is 12.0. The van der Waals surface area contributed by atoms with E-state index < -0.39 is 0 Å². The number of carbonyl (C=O) groups excluding carboxylic acids is 1. The summed E-state index contributed by atoms with van der Waals surface area (Å²) < 4.78 is 1.13. The minimum atomic E-state index is -0.0869. The van der Waals surface area contributed by atoms with Crippen molar-refractivity contribution in [1.29, 1.82) is 0 Å². The Bertz CT molecular complexity index is 915. The van der Waals surface area contributed by atoms with Gasteiger partial charge < -0.3 is 4.90 Å². The van der Waals surface area contributed by atoms with Gasteiger partial charge in [-0.15, -0.1) is 11.3 Å². The Kier molecular flexibility index (Phi) is 5.21. The van der Waals surface area contributed by atoms with Gasteiger partial charge in [0.1, 0.15) is 5.01 Å². The first-order valence-corrected chi connectivity index (χ1v) is 9.21. The Balaban J connectivity index is 1.74. The summed E-state index contributed by atoms with van der Waals surface area (Å²) in [5.41, 5.74) is 2.90. The zero-order valence-electron chi connectivity index (χ0n) is 14.4. The van der Waals surface area contributed by atoms with E-state index in [0.29, 0.717) is 5.02 Å². The third-order valence-electron chi connectivity index (χ3n) is 4.21. The van der Waals surface area contributed by atoms with Crippen LogP contribution in [0.2, 0.25) is 5.02 Å². The fraction of sp³-hybridized carbons (Fsp3) is 0.200. The van der Waals surface area contributed by atoms with Crippen LogP contribution in [0.15, 0.2) is 48.5 Å². The quantitative estimate of drug-likeness (QED) is 0.569. The van der Waals surface area contributed by atoms with Crippen LogP contribution in [-0.4, -0.2) is 22.8 Å². The number of likely N-dealkylation sites (N-methyl/N-ethyl adjacent to an activating group) is 1. The molecule has 0 unspecified atom stereocenters. The maximum atomic E-state index is 12.5. The molecule has 3 aromatic rings. The number of benzene rings is 2. The van der Waals surface area contributed by atoms with Gasteiger partial charge in [0.15, 0.2) is 0 Å². The normalized spacial score (nSPS) is 12.6. The Morgan fingerprint density at radius 3 is 2.76 bits per heavy atom. The highest BCUT2D eigenvalue weighted by molar-refractivity contribution is 7.18. The van der Waals surface area contributed by atoms with E-state index in [9.17, 15) is 4.79 Å². The van der Waals surface area contributed by atoms with Crippen molar-refractivity contribution in [2.45, 2.75) is 19.9 Å². The summed E-state index contributed by atoms with van der Waals surface area (Å²) in [6.45, 7) is 3.95. The van der Waals surface area contributed by atoms with Crippen molar-refractivity contribution in [2.24, 2.45) is 0 Å². The van der Waals surface area contributed by atoms with Crippen molar-refractivity contribution in [2.75, 3.05) is 7.05 Å². The van der Waals surface area contributed by atoms with Gasteiger partial charge in [0.25, 0.3) is 0 Å². The number of nitrogens with zero attached hydrogens (tertiary/aromatic N) is 2. The second-order valence-electron chi connectivity index (χ2n) is 5.99. The number of thiazole rings is 1. The molecule has 0 aliphatic rings. The van der Waals surface area contributed by atoms with E-state index in [2.05, 4.69) is 4.98 Å². The number of rotatable bonds is 4. The molecule has 128 valence electrons. The highest BCUT2D eigenvalue weighted by Gasteiger charge is 2.19. The smallest absolute Gasteiger partial charge is 0.246 e. The van der Waals surface area contributed by atoms with Crippen molar-refractivity contribution < 1.29 is 4.79 Å². The van der Waals surface area contributed by atoms with Crippen LogP contribution in [0, 0.1) is 6.92 Å². The molecule has 0 fully saturated rings.